The molecule has 1 aromatic rings. The summed E-state index contributed by atoms with van der Waals surface area (Å²) in [6.07, 6.45) is 0.529. The Bertz CT molecular complexity index is 538. The van der Waals surface area contributed by atoms with E-state index in [2.05, 4.69) is 10.3 Å². The molecule has 0 aromatic carbocycles. The summed E-state index contributed by atoms with van der Waals surface area (Å²) in [5, 5.41) is 22.9. The van der Waals surface area contributed by atoms with Crippen LogP contribution in [0.15, 0.2) is 12.1 Å². The van der Waals surface area contributed by atoms with Crippen molar-refractivity contribution >= 4 is 17.5 Å². The van der Waals surface area contributed by atoms with Crippen molar-refractivity contribution < 1.29 is 14.8 Å². The van der Waals surface area contributed by atoms with Gasteiger partial charge in [-0.1, -0.05) is 20.8 Å². The van der Waals surface area contributed by atoms with Crippen molar-refractivity contribution in [2.75, 3.05) is 11.9 Å². The zero-order valence-electron chi connectivity index (χ0n) is 12.7. The van der Waals surface area contributed by atoms with E-state index < -0.39 is 16.8 Å². The van der Waals surface area contributed by atoms with Gasteiger partial charge in [0.1, 0.15) is 11.5 Å². The number of nitrogens with one attached hydrogen (secondary N) is 1. The lowest BCUT2D eigenvalue weighted by Crippen LogP contribution is -2.27. The van der Waals surface area contributed by atoms with Gasteiger partial charge in [0.15, 0.2) is 0 Å². The number of carboxylic acids is 1. The van der Waals surface area contributed by atoms with Crippen LogP contribution in [0.25, 0.3) is 0 Å². The molecule has 0 aliphatic heterocycles. The number of nitrogens with zero attached hydrogens (tertiary/aromatic N) is 2. The van der Waals surface area contributed by atoms with E-state index in [4.69, 9.17) is 0 Å². The smallest absolute Gasteiger partial charge is 0.308 e. The number of hydrogen-bond donors (Lipinski definition) is 2. The number of aliphatic carboxylic acids is 1. The van der Waals surface area contributed by atoms with Crippen molar-refractivity contribution in [2.45, 2.75) is 34.1 Å². The molecular formula is C14H21N3O4. The SMILES string of the molecule is Cc1nc(NCC(CC(C)(C)C)C(=O)O)ccc1[N+](=O)[O-]. The van der Waals surface area contributed by atoms with Crippen LogP contribution in [-0.4, -0.2) is 27.5 Å². The first kappa shape index (κ1) is 16.9. The lowest BCUT2D eigenvalue weighted by Gasteiger charge is -2.23. The van der Waals surface area contributed by atoms with Gasteiger partial charge in [-0.3, -0.25) is 14.9 Å². The highest BCUT2D eigenvalue weighted by molar-refractivity contribution is 5.70. The molecule has 1 aromatic heterocycles. The number of pyridine rings is 1. The highest BCUT2D eigenvalue weighted by Crippen LogP contribution is 2.25. The molecule has 0 amide bonds. The molecule has 7 heteroatoms. The lowest BCUT2D eigenvalue weighted by atomic mass is 9.84. The van der Waals surface area contributed by atoms with Gasteiger partial charge < -0.3 is 10.4 Å². The van der Waals surface area contributed by atoms with E-state index in [-0.39, 0.29) is 17.6 Å². The fourth-order valence-corrected chi connectivity index (χ4v) is 2.06. The fraction of sp³-hybridized carbons (Fsp3) is 0.571. The minimum atomic E-state index is -0.865. The number of anilines is 1. The summed E-state index contributed by atoms with van der Waals surface area (Å²) >= 11 is 0. The minimum Gasteiger partial charge on any atom is -0.481 e. The Balaban J connectivity index is 2.75. The molecule has 0 saturated heterocycles. The first-order chi connectivity index (χ1) is 9.60. The van der Waals surface area contributed by atoms with Crippen LogP contribution in [-0.2, 0) is 4.79 Å². The van der Waals surface area contributed by atoms with Gasteiger partial charge in [0.25, 0.3) is 5.69 Å². The van der Waals surface area contributed by atoms with Gasteiger partial charge >= 0.3 is 5.97 Å². The van der Waals surface area contributed by atoms with Gasteiger partial charge in [0.2, 0.25) is 0 Å². The summed E-state index contributed by atoms with van der Waals surface area (Å²) in [5.41, 5.74) is 0.154. The Morgan fingerprint density at radius 1 is 1.48 bits per heavy atom. The van der Waals surface area contributed by atoms with E-state index in [9.17, 15) is 20.0 Å². The minimum absolute atomic E-state index is 0.0509. The predicted molar refractivity (Wildman–Crippen MR) is 79.3 cm³/mol. The molecule has 21 heavy (non-hydrogen) atoms. The quantitative estimate of drug-likeness (QED) is 0.617. The molecule has 1 atom stereocenters. The van der Waals surface area contributed by atoms with Crippen molar-refractivity contribution in [3.05, 3.63) is 27.9 Å². The Kier molecular flexibility index (Phi) is 5.23. The van der Waals surface area contributed by atoms with Crippen molar-refractivity contribution in [3.63, 3.8) is 0 Å². The van der Waals surface area contributed by atoms with E-state index in [1.807, 2.05) is 20.8 Å². The largest absolute Gasteiger partial charge is 0.481 e. The van der Waals surface area contributed by atoms with Crippen LogP contribution >= 0.6 is 0 Å². The number of rotatable bonds is 6. The number of aryl methyl sites for hydroxylation is 1. The van der Waals surface area contributed by atoms with Crippen LogP contribution in [0.3, 0.4) is 0 Å². The molecule has 0 saturated carbocycles. The number of aromatic nitrogens is 1. The average molecular weight is 295 g/mol. The highest BCUT2D eigenvalue weighted by Gasteiger charge is 2.24. The van der Waals surface area contributed by atoms with Crippen molar-refractivity contribution in [3.8, 4) is 0 Å². The third-order valence-corrected chi connectivity index (χ3v) is 2.99. The fourth-order valence-electron chi connectivity index (χ4n) is 2.06. The summed E-state index contributed by atoms with van der Waals surface area (Å²) < 4.78 is 0. The zero-order valence-corrected chi connectivity index (χ0v) is 12.7. The lowest BCUT2D eigenvalue weighted by molar-refractivity contribution is -0.385. The van der Waals surface area contributed by atoms with E-state index in [1.165, 1.54) is 12.1 Å². The molecule has 1 unspecified atom stereocenters. The second kappa shape index (κ2) is 6.51. The third kappa shape index (κ3) is 5.37. The van der Waals surface area contributed by atoms with Gasteiger partial charge in [-0.25, -0.2) is 4.98 Å². The predicted octanol–water partition coefficient (Wildman–Crippen LogP) is 2.85. The van der Waals surface area contributed by atoms with Gasteiger partial charge in [0, 0.05) is 12.6 Å². The summed E-state index contributed by atoms with van der Waals surface area (Å²) in [6, 6.07) is 2.85. The summed E-state index contributed by atoms with van der Waals surface area (Å²) in [5.74, 6) is -0.961. The van der Waals surface area contributed by atoms with E-state index >= 15 is 0 Å². The second-order valence-electron chi connectivity index (χ2n) is 6.24. The number of hydrogen-bond acceptors (Lipinski definition) is 5. The Hall–Kier alpha value is -2.18. The molecule has 0 spiro atoms. The Labute approximate surface area is 123 Å². The molecule has 0 aliphatic carbocycles. The maximum absolute atomic E-state index is 11.3. The average Bonchev–Trinajstić information content (AvgIpc) is 2.32. The molecule has 0 aliphatic rings. The number of nitro groups is 1. The van der Waals surface area contributed by atoms with Gasteiger partial charge in [-0.2, -0.15) is 0 Å². The monoisotopic (exact) mass is 295 g/mol. The summed E-state index contributed by atoms with van der Waals surface area (Å²) in [6.45, 7) is 7.73. The topological polar surface area (TPSA) is 105 Å². The molecular weight excluding hydrogens is 274 g/mol. The van der Waals surface area contributed by atoms with Crippen LogP contribution in [0, 0.1) is 28.4 Å². The Morgan fingerprint density at radius 3 is 2.52 bits per heavy atom. The molecule has 0 fully saturated rings. The van der Waals surface area contributed by atoms with Crippen molar-refractivity contribution in [2.24, 2.45) is 11.3 Å². The van der Waals surface area contributed by atoms with Crippen molar-refractivity contribution in [1.82, 2.24) is 4.98 Å². The van der Waals surface area contributed by atoms with E-state index in [1.54, 1.807) is 6.92 Å². The number of carboxylic acid groups (broad SMARTS) is 1. The van der Waals surface area contributed by atoms with Crippen LogP contribution in [0.5, 0.6) is 0 Å². The molecule has 1 heterocycles. The van der Waals surface area contributed by atoms with Crippen molar-refractivity contribution in [1.29, 1.82) is 0 Å². The van der Waals surface area contributed by atoms with E-state index in [0.717, 1.165) is 0 Å². The van der Waals surface area contributed by atoms with Crippen LogP contribution in [0.4, 0.5) is 11.5 Å². The van der Waals surface area contributed by atoms with Gasteiger partial charge in [-0.05, 0) is 24.8 Å². The Morgan fingerprint density at radius 2 is 2.10 bits per heavy atom. The standard InChI is InChI=1S/C14H21N3O4/c1-9-11(17(20)21)5-6-12(16-9)15-8-10(13(18)19)7-14(2,3)4/h5-6,10H,7-8H2,1-4H3,(H,15,16)(H,18,19). The number of carbonyl (C=O) groups is 1. The molecule has 116 valence electrons. The normalized spacial score (nSPS) is 12.8. The van der Waals surface area contributed by atoms with E-state index in [0.29, 0.717) is 17.9 Å². The van der Waals surface area contributed by atoms with Gasteiger partial charge in [-0.15, -0.1) is 0 Å². The first-order valence-electron chi connectivity index (χ1n) is 6.69. The van der Waals surface area contributed by atoms with Crippen LogP contribution < -0.4 is 5.32 Å². The maximum atomic E-state index is 11.3. The zero-order chi connectivity index (χ0) is 16.2. The second-order valence-corrected chi connectivity index (χ2v) is 6.24. The highest BCUT2D eigenvalue weighted by atomic mass is 16.6. The van der Waals surface area contributed by atoms with Crippen LogP contribution in [0.1, 0.15) is 32.9 Å². The molecule has 0 radical (unpaired) electrons. The summed E-state index contributed by atoms with van der Waals surface area (Å²) in [4.78, 5) is 25.6. The van der Waals surface area contributed by atoms with Gasteiger partial charge in [0.05, 0.1) is 10.8 Å². The molecule has 1 rings (SSSR count). The van der Waals surface area contributed by atoms with Crippen LogP contribution in [0.2, 0.25) is 0 Å². The molecule has 2 N–H and O–H groups in total. The molecule has 0 bridgehead atoms. The summed E-state index contributed by atoms with van der Waals surface area (Å²) in [7, 11) is 0. The maximum Gasteiger partial charge on any atom is 0.308 e. The first-order valence-corrected chi connectivity index (χ1v) is 6.69. The third-order valence-electron chi connectivity index (χ3n) is 2.99. The molecule has 7 nitrogen and oxygen atoms in total.